The number of carbonyl (C=O) groups excluding carboxylic acids is 1. The van der Waals surface area contributed by atoms with E-state index in [1.54, 1.807) is 0 Å². The number of aryl methyl sites for hydroxylation is 1. The summed E-state index contributed by atoms with van der Waals surface area (Å²) >= 11 is 1.87. The summed E-state index contributed by atoms with van der Waals surface area (Å²) in [6.07, 6.45) is 1.09. The molecule has 0 saturated heterocycles. The SMILES string of the molecule is Cc1ccc(NC(=O)CN2CCCSc3ccccc32)cc1. The van der Waals surface area contributed by atoms with Crippen LogP contribution >= 0.6 is 11.8 Å². The number of hydrogen-bond donors (Lipinski definition) is 1. The second-order valence-electron chi connectivity index (χ2n) is 5.51. The average molecular weight is 312 g/mol. The second-order valence-corrected chi connectivity index (χ2v) is 6.64. The zero-order valence-electron chi connectivity index (χ0n) is 12.7. The summed E-state index contributed by atoms with van der Waals surface area (Å²) in [5.41, 5.74) is 3.22. The van der Waals surface area contributed by atoms with Gasteiger partial charge < -0.3 is 10.2 Å². The number of fused-ring (bicyclic) bond motifs is 1. The van der Waals surface area contributed by atoms with E-state index in [2.05, 4.69) is 28.4 Å². The third kappa shape index (κ3) is 3.63. The van der Waals surface area contributed by atoms with Crippen molar-refractivity contribution in [2.24, 2.45) is 0 Å². The minimum Gasteiger partial charge on any atom is -0.361 e. The van der Waals surface area contributed by atoms with Crippen LogP contribution < -0.4 is 10.2 Å². The van der Waals surface area contributed by atoms with Crippen molar-refractivity contribution in [2.75, 3.05) is 29.1 Å². The van der Waals surface area contributed by atoms with Crippen molar-refractivity contribution in [3.8, 4) is 0 Å². The number of thioether (sulfide) groups is 1. The zero-order valence-corrected chi connectivity index (χ0v) is 13.5. The zero-order chi connectivity index (χ0) is 15.4. The molecule has 1 amide bonds. The fourth-order valence-corrected chi connectivity index (χ4v) is 3.59. The van der Waals surface area contributed by atoms with Crippen LogP contribution in [0.4, 0.5) is 11.4 Å². The Labute approximate surface area is 135 Å². The van der Waals surface area contributed by atoms with E-state index >= 15 is 0 Å². The molecule has 0 saturated carbocycles. The minimum absolute atomic E-state index is 0.0329. The molecule has 1 N–H and O–H groups in total. The van der Waals surface area contributed by atoms with E-state index in [9.17, 15) is 4.79 Å². The predicted molar refractivity (Wildman–Crippen MR) is 93.8 cm³/mol. The summed E-state index contributed by atoms with van der Waals surface area (Å²) in [4.78, 5) is 15.8. The molecule has 1 heterocycles. The van der Waals surface area contributed by atoms with Gasteiger partial charge >= 0.3 is 0 Å². The molecule has 1 aliphatic heterocycles. The van der Waals surface area contributed by atoms with Crippen molar-refractivity contribution in [1.82, 2.24) is 0 Å². The Kier molecular flexibility index (Phi) is 4.68. The first-order valence-corrected chi connectivity index (χ1v) is 8.54. The third-order valence-electron chi connectivity index (χ3n) is 3.71. The molecule has 114 valence electrons. The third-order valence-corrected chi connectivity index (χ3v) is 4.85. The molecule has 2 aromatic rings. The molecule has 4 heteroatoms. The highest BCUT2D eigenvalue weighted by atomic mass is 32.2. The van der Waals surface area contributed by atoms with Gasteiger partial charge in [0.25, 0.3) is 0 Å². The molecule has 2 aromatic carbocycles. The highest BCUT2D eigenvalue weighted by Crippen LogP contribution is 2.33. The quantitative estimate of drug-likeness (QED) is 0.932. The van der Waals surface area contributed by atoms with E-state index in [-0.39, 0.29) is 5.91 Å². The second kappa shape index (κ2) is 6.88. The summed E-state index contributed by atoms with van der Waals surface area (Å²) < 4.78 is 0. The maximum absolute atomic E-state index is 12.3. The van der Waals surface area contributed by atoms with E-state index < -0.39 is 0 Å². The van der Waals surface area contributed by atoms with Crippen LogP contribution in [-0.2, 0) is 4.79 Å². The van der Waals surface area contributed by atoms with Gasteiger partial charge in [-0.25, -0.2) is 0 Å². The Morgan fingerprint density at radius 1 is 1.18 bits per heavy atom. The topological polar surface area (TPSA) is 32.3 Å². The summed E-state index contributed by atoms with van der Waals surface area (Å²) in [6, 6.07) is 16.2. The summed E-state index contributed by atoms with van der Waals surface area (Å²) in [7, 11) is 0. The van der Waals surface area contributed by atoms with Crippen LogP contribution in [0, 0.1) is 6.92 Å². The molecule has 22 heavy (non-hydrogen) atoms. The lowest BCUT2D eigenvalue weighted by Gasteiger charge is -2.23. The first-order valence-electron chi connectivity index (χ1n) is 7.56. The molecular weight excluding hydrogens is 292 g/mol. The van der Waals surface area contributed by atoms with Crippen LogP contribution in [0.2, 0.25) is 0 Å². The van der Waals surface area contributed by atoms with Gasteiger partial charge in [0, 0.05) is 17.1 Å². The van der Waals surface area contributed by atoms with Gasteiger partial charge in [-0.05, 0) is 43.4 Å². The number of para-hydroxylation sites is 1. The lowest BCUT2D eigenvalue weighted by Crippen LogP contribution is -2.34. The lowest BCUT2D eigenvalue weighted by atomic mass is 10.2. The number of nitrogens with one attached hydrogen (secondary N) is 1. The number of hydrogen-bond acceptors (Lipinski definition) is 3. The van der Waals surface area contributed by atoms with Gasteiger partial charge in [0.2, 0.25) is 5.91 Å². The Morgan fingerprint density at radius 3 is 2.77 bits per heavy atom. The Balaban J connectivity index is 1.69. The highest BCUT2D eigenvalue weighted by molar-refractivity contribution is 7.99. The number of amides is 1. The lowest BCUT2D eigenvalue weighted by molar-refractivity contribution is -0.115. The number of carbonyl (C=O) groups is 1. The number of anilines is 2. The van der Waals surface area contributed by atoms with Crippen LogP contribution in [0.25, 0.3) is 0 Å². The van der Waals surface area contributed by atoms with Crippen LogP contribution in [0.15, 0.2) is 53.4 Å². The van der Waals surface area contributed by atoms with Crippen molar-refractivity contribution in [1.29, 1.82) is 0 Å². The number of benzene rings is 2. The van der Waals surface area contributed by atoms with E-state index in [0.717, 1.165) is 24.4 Å². The molecule has 1 aliphatic rings. The van der Waals surface area contributed by atoms with Crippen LogP contribution in [0.3, 0.4) is 0 Å². The van der Waals surface area contributed by atoms with Gasteiger partial charge in [-0.2, -0.15) is 0 Å². The molecule has 0 aliphatic carbocycles. The maximum atomic E-state index is 12.3. The Morgan fingerprint density at radius 2 is 1.95 bits per heavy atom. The first kappa shape index (κ1) is 15.0. The smallest absolute Gasteiger partial charge is 0.243 e. The molecule has 0 atom stereocenters. The van der Waals surface area contributed by atoms with Gasteiger partial charge in [-0.3, -0.25) is 4.79 Å². The van der Waals surface area contributed by atoms with Gasteiger partial charge in [-0.15, -0.1) is 11.8 Å². The summed E-state index contributed by atoms with van der Waals surface area (Å²) in [5.74, 6) is 1.14. The first-order chi connectivity index (χ1) is 10.7. The predicted octanol–water partition coefficient (Wildman–Crippen LogP) is 3.94. The van der Waals surface area contributed by atoms with Gasteiger partial charge in [0.05, 0.1) is 12.2 Å². The van der Waals surface area contributed by atoms with Crippen molar-refractivity contribution in [3.63, 3.8) is 0 Å². The monoisotopic (exact) mass is 312 g/mol. The van der Waals surface area contributed by atoms with Gasteiger partial charge in [0.1, 0.15) is 0 Å². The molecular formula is C18H20N2OS. The van der Waals surface area contributed by atoms with Crippen molar-refractivity contribution >= 4 is 29.0 Å². The van der Waals surface area contributed by atoms with Crippen molar-refractivity contribution in [3.05, 3.63) is 54.1 Å². The summed E-state index contributed by atoms with van der Waals surface area (Å²) in [6.45, 7) is 3.36. The maximum Gasteiger partial charge on any atom is 0.243 e. The normalized spacial score (nSPS) is 14.1. The standard InChI is InChI=1S/C18H20N2OS/c1-14-7-9-15(10-8-14)19-18(21)13-20-11-4-12-22-17-6-3-2-5-16(17)20/h2-3,5-10H,4,11-13H2,1H3,(H,19,21). The van der Waals surface area contributed by atoms with Gasteiger partial charge in [0.15, 0.2) is 0 Å². The van der Waals surface area contributed by atoms with Crippen LogP contribution in [0.5, 0.6) is 0 Å². The van der Waals surface area contributed by atoms with E-state index in [4.69, 9.17) is 0 Å². The van der Waals surface area contributed by atoms with E-state index in [1.165, 1.54) is 16.1 Å². The summed E-state index contributed by atoms with van der Waals surface area (Å²) in [5, 5.41) is 2.98. The van der Waals surface area contributed by atoms with Crippen molar-refractivity contribution < 1.29 is 4.79 Å². The van der Waals surface area contributed by atoms with E-state index in [0.29, 0.717) is 6.54 Å². The van der Waals surface area contributed by atoms with Gasteiger partial charge in [-0.1, -0.05) is 29.8 Å². The molecule has 3 rings (SSSR count). The molecule has 0 unspecified atom stereocenters. The molecule has 3 nitrogen and oxygen atoms in total. The molecule has 0 radical (unpaired) electrons. The minimum atomic E-state index is 0.0329. The van der Waals surface area contributed by atoms with Crippen LogP contribution in [-0.4, -0.2) is 24.7 Å². The Bertz CT molecular complexity index is 654. The highest BCUT2D eigenvalue weighted by Gasteiger charge is 2.17. The largest absolute Gasteiger partial charge is 0.361 e. The fraction of sp³-hybridized carbons (Fsp3) is 0.278. The molecule has 0 fully saturated rings. The Hall–Kier alpha value is -1.94. The number of rotatable bonds is 3. The molecule has 0 spiro atoms. The fourth-order valence-electron chi connectivity index (χ4n) is 2.57. The van der Waals surface area contributed by atoms with E-state index in [1.807, 2.05) is 49.0 Å². The van der Waals surface area contributed by atoms with Crippen molar-refractivity contribution in [2.45, 2.75) is 18.2 Å². The molecule has 0 bridgehead atoms. The average Bonchev–Trinajstić information content (AvgIpc) is 2.72. The molecule has 0 aromatic heterocycles. The number of nitrogens with zero attached hydrogens (tertiary/aromatic N) is 1. The van der Waals surface area contributed by atoms with Crippen LogP contribution in [0.1, 0.15) is 12.0 Å².